The van der Waals surface area contributed by atoms with Gasteiger partial charge in [-0.05, 0) is 29.8 Å². The molecule has 1 atom stereocenters. The molecular weight excluding hydrogens is 248 g/mol. The molecule has 1 aliphatic rings. The predicted molar refractivity (Wildman–Crippen MR) is 70.2 cm³/mol. The molecule has 2 nitrogen and oxygen atoms in total. The lowest BCUT2D eigenvalue weighted by Crippen LogP contribution is -2.20. The number of halogens is 1. The van der Waals surface area contributed by atoms with Crippen LogP contribution in [0.4, 0.5) is 0 Å². The number of para-hydroxylation sites is 1. The SMILES string of the molecule is O=C1C[C@@H](c2ccc(Cl)cc2)Oc2ccccc21. The predicted octanol–water partition coefficient (Wildman–Crippen LogP) is 4.05. The van der Waals surface area contributed by atoms with Crippen molar-refractivity contribution in [1.82, 2.24) is 0 Å². The lowest BCUT2D eigenvalue weighted by atomic mass is 9.96. The van der Waals surface area contributed by atoms with E-state index in [2.05, 4.69) is 0 Å². The summed E-state index contributed by atoms with van der Waals surface area (Å²) >= 11 is 5.85. The van der Waals surface area contributed by atoms with Gasteiger partial charge >= 0.3 is 0 Å². The van der Waals surface area contributed by atoms with Crippen LogP contribution in [0.5, 0.6) is 5.75 Å². The second-order valence-electron chi connectivity index (χ2n) is 4.28. The Morgan fingerprint density at radius 3 is 2.56 bits per heavy atom. The first-order valence-corrected chi connectivity index (χ1v) is 6.16. The highest BCUT2D eigenvalue weighted by molar-refractivity contribution is 6.30. The summed E-state index contributed by atoms with van der Waals surface area (Å²) in [5.41, 5.74) is 1.64. The van der Waals surface area contributed by atoms with Crippen LogP contribution in [0.25, 0.3) is 0 Å². The third-order valence-corrected chi connectivity index (χ3v) is 3.32. The van der Waals surface area contributed by atoms with Gasteiger partial charge in [-0.2, -0.15) is 0 Å². The lowest BCUT2D eigenvalue weighted by Gasteiger charge is -2.25. The van der Waals surface area contributed by atoms with Gasteiger partial charge in [0, 0.05) is 5.02 Å². The number of ketones is 1. The average molecular weight is 259 g/mol. The van der Waals surface area contributed by atoms with E-state index >= 15 is 0 Å². The molecule has 3 rings (SSSR count). The molecule has 0 bridgehead atoms. The van der Waals surface area contributed by atoms with Crippen LogP contribution in [0.2, 0.25) is 5.02 Å². The molecule has 0 N–H and O–H groups in total. The van der Waals surface area contributed by atoms with Crippen LogP contribution in [0.15, 0.2) is 48.5 Å². The fourth-order valence-corrected chi connectivity index (χ4v) is 2.26. The van der Waals surface area contributed by atoms with Crippen molar-refractivity contribution in [2.75, 3.05) is 0 Å². The van der Waals surface area contributed by atoms with E-state index in [1.54, 1.807) is 6.07 Å². The molecule has 0 spiro atoms. The minimum Gasteiger partial charge on any atom is -0.484 e. The Kier molecular flexibility index (Phi) is 2.80. The molecule has 2 aromatic carbocycles. The van der Waals surface area contributed by atoms with Crippen molar-refractivity contribution in [3.63, 3.8) is 0 Å². The molecule has 0 saturated carbocycles. The second-order valence-corrected chi connectivity index (χ2v) is 4.72. The number of fused-ring (bicyclic) bond motifs is 1. The Hall–Kier alpha value is -1.80. The largest absolute Gasteiger partial charge is 0.484 e. The van der Waals surface area contributed by atoms with E-state index in [9.17, 15) is 4.79 Å². The average Bonchev–Trinajstić information content (AvgIpc) is 2.39. The van der Waals surface area contributed by atoms with Gasteiger partial charge in [-0.15, -0.1) is 0 Å². The monoisotopic (exact) mass is 258 g/mol. The zero-order valence-corrected chi connectivity index (χ0v) is 10.4. The number of carbonyl (C=O) groups excluding carboxylic acids is 1. The first kappa shape index (κ1) is 11.3. The third-order valence-electron chi connectivity index (χ3n) is 3.07. The molecule has 18 heavy (non-hydrogen) atoms. The molecule has 0 radical (unpaired) electrons. The maximum Gasteiger partial charge on any atom is 0.170 e. The summed E-state index contributed by atoms with van der Waals surface area (Å²) in [5, 5.41) is 0.682. The molecule has 0 aromatic heterocycles. The molecule has 1 aliphatic heterocycles. The van der Waals surface area contributed by atoms with Crippen LogP contribution in [-0.2, 0) is 0 Å². The van der Waals surface area contributed by atoms with Crippen molar-refractivity contribution in [2.45, 2.75) is 12.5 Å². The molecule has 3 heteroatoms. The number of ether oxygens (including phenoxy) is 1. The van der Waals surface area contributed by atoms with Gasteiger partial charge < -0.3 is 4.74 Å². The van der Waals surface area contributed by atoms with Crippen LogP contribution in [0.3, 0.4) is 0 Å². The summed E-state index contributed by atoms with van der Waals surface area (Å²) in [6, 6.07) is 14.8. The molecule has 0 fully saturated rings. The standard InChI is InChI=1S/C15H11ClO2/c16-11-7-5-10(6-8-11)15-9-13(17)12-3-1-2-4-14(12)18-15/h1-8,15H,9H2/t15-/m0/s1. The highest BCUT2D eigenvalue weighted by Crippen LogP contribution is 2.34. The van der Waals surface area contributed by atoms with Crippen molar-refractivity contribution < 1.29 is 9.53 Å². The van der Waals surface area contributed by atoms with Gasteiger partial charge in [-0.3, -0.25) is 4.79 Å². The van der Waals surface area contributed by atoms with Gasteiger partial charge in [-0.25, -0.2) is 0 Å². The van der Waals surface area contributed by atoms with Crippen molar-refractivity contribution in [2.24, 2.45) is 0 Å². The zero-order valence-electron chi connectivity index (χ0n) is 9.60. The van der Waals surface area contributed by atoms with Gasteiger partial charge in [0.05, 0.1) is 12.0 Å². The zero-order chi connectivity index (χ0) is 12.5. The maximum atomic E-state index is 12.0. The number of carbonyl (C=O) groups is 1. The second kappa shape index (κ2) is 4.46. The maximum absolute atomic E-state index is 12.0. The smallest absolute Gasteiger partial charge is 0.170 e. The van der Waals surface area contributed by atoms with Gasteiger partial charge in [0.1, 0.15) is 11.9 Å². The molecule has 1 heterocycles. The Morgan fingerprint density at radius 1 is 1.06 bits per heavy atom. The number of hydrogen-bond donors (Lipinski definition) is 0. The van der Waals surface area contributed by atoms with Crippen molar-refractivity contribution in [3.8, 4) is 5.75 Å². The normalized spacial score (nSPS) is 18.1. The van der Waals surface area contributed by atoms with E-state index in [-0.39, 0.29) is 11.9 Å². The van der Waals surface area contributed by atoms with Crippen LogP contribution < -0.4 is 4.74 Å². The molecule has 0 amide bonds. The topological polar surface area (TPSA) is 26.3 Å². The molecule has 0 aliphatic carbocycles. The quantitative estimate of drug-likeness (QED) is 0.771. The minimum atomic E-state index is -0.218. The molecular formula is C15H11ClO2. The van der Waals surface area contributed by atoms with Gasteiger partial charge in [0.25, 0.3) is 0 Å². The molecule has 90 valence electrons. The van der Waals surface area contributed by atoms with E-state index in [0.29, 0.717) is 22.8 Å². The Morgan fingerprint density at radius 2 is 1.78 bits per heavy atom. The van der Waals surface area contributed by atoms with Crippen molar-refractivity contribution >= 4 is 17.4 Å². The summed E-state index contributed by atoms with van der Waals surface area (Å²) < 4.78 is 5.86. The lowest BCUT2D eigenvalue weighted by molar-refractivity contribution is 0.0850. The molecule has 0 unspecified atom stereocenters. The number of benzene rings is 2. The van der Waals surface area contributed by atoms with Gasteiger partial charge in [0.2, 0.25) is 0 Å². The Balaban J connectivity index is 1.94. The van der Waals surface area contributed by atoms with Crippen LogP contribution in [0.1, 0.15) is 28.4 Å². The first-order chi connectivity index (χ1) is 8.74. The summed E-state index contributed by atoms with van der Waals surface area (Å²) in [6.07, 6.45) is 0.156. The van der Waals surface area contributed by atoms with E-state index < -0.39 is 0 Å². The van der Waals surface area contributed by atoms with Crippen LogP contribution >= 0.6 is 11.6 Å². The van der Waals surface area contributed by atoms with Crippen molar-refractivity contribution in [3.05, 3.63) is 64.7 Å². The van der Waals surface area contributed by atoms with E-state index in [1.165, 1.54) is 0 Å². The number of rotatable bonds is 1. The highest BCUT2D eigenvalue weighted by atomic mass is 35.5. The van der Waals surface area contributed by atoms with E-state index in [4.69, 9.17) is 16.3 Å². The summed E-state index contributed by atoms with van der Waals surface area (Å²) in [6.45, 7) is 0. The highest BCUT2D eigenvalue weighted by Gasteiger charge is 2.26. The fraction of sp³-hybridized carbons (Fsp3) is 0.133. The van der Waals surface area contributed by atoms with Gasteiger partial charge in [-0.1, -0.05) is 35.9 Å². The number of Topliss-reactive ketones (excluding diaryl/α,β-unsaturated/α-hetero) is 1. The summed E-state index contributed by atoms with van der Waals surface area (Å²) in [5.74, 6) is 0.783. The van der Waals surface area contributed by atoms with E-state index in [0.717, 1.165) is 5.56 Å². The van der Waals surface area contributed by atoms with E-state index in [1.807, 2.05) is 42.5 Å². The minimum absolute atomic E-state index is 0.122. The van der Waals surface area contributed by atoms with Crippen molar-refractivity contribution in [1.29, 1.82) is 0 Å². The third kappa shape index (κ3) is 2.00. The molecule has 0 saturated heterocycles. The first-order valence-electron chi connectivity index (χ1n) is 5.78. The Bertz CT molecular complexity index is 590. The summed E-state index contributed by atoms with van der Waals surface area (Å²) in [7, 11) is 0. The fourth-order valence-electron chi connectivity index (χ4n) is 2.14. The van der Waals surface area contributed by atoms with Gasteiger partial charge in [0.15, 0.2) is 5.78 Å². The summed E-state index contributed by atoms with van der Waals surface area (Å²) in [4.78, 5) is 12.0. The van der Waals surface area contributed by atoms with Crippen LogP contribution in [0, 0.1) is 0 Å². The number of hydrogen-bond acceptors (Lipinski definition) is 2. The Labute approximate surface area is 110 Å². The molecule has 2 aromatic rings. The van der Waals surface area contributed by atoms with Crippen LogP contribution in [-0.4, -0.2) is 5.78 Å².